The third-order valence-electron chi connectivity index (χ3n) is 3.59. The first-order valence-electron chi connectivity index (χ1n) is 7.39. The van der Waals surface area contributed by atoms with Crippen LogP contribution >= 0.6 is 11.3 Å². The van der Waals surface area contributed by atoms with Gasteiger partial charge in [-0.05, 0) is 42.7 Å². The molecule has 116 valence electrons. The quantitative estimate of drug-likeness (QED) is 0.877. The highest BCUT2D eigenvalue weighted by Crippen LogP contribution is 2.31. The van der Waals surface area contributed by atoms with E-state index in [-0.39, 0.29) is 23.8 Å². The molecule has 1 aromatic rings. The number of carbonyl (C=O) groups excluding carboxylic acids is 1. The summed E-state index contributed by atoms with van der Waals surface area (Å²) in [6.07, 6.45) is 3.91. The molecular formula is C16H23NO3S. The van der Waals surface area contributed by atoms with Gasteiger partial charge >= 0.3 is 5.97 Å². The second-order valence-electron chi connectivity index (χ2n) is 6.95. The fourth-order valence-electron chi connectivity index (χ4n) is 2.82. The summed E-state index contributed by atoms with van der Waals surface area (Å²) < 4.78 is 0. The summed E-state index contributed by atoms with van der Waals surface area (Å²) in [4.78, 5) is 25.3. The highest BCUT2D eigenvalue weighted by molar-refractivity contribution is 7.14. The molecule has 21 heavy (non-hydrogen) atoms. The molecule has 0 saturated carbocycles. The Bertz CT molecular complexity index is 521. The van der Waals surface area contributed by atoms with Gasteiger partial charge in [0.2, 0.25) is 0 Å². The minimum absolute atomic E-state index is 0.0232. The van der Waals surface area contributed by atoms with Crippen molar-refractivity contribution in [3.05, 3.63) is 21.4 Å². The van der Waals surface area contributed by atoms with E-state index in [1.807, 2.05) is 26.8 Å². The number of amides is 1. The van der Waals surface area contributed by atoms with Gasteiger partial charge in [-0.15, -0.1) is 11.3 Å². The number of fused-ring (bicyclic) bond motifs is 1. The van der Waals surface area contributed by atoms with Gasteiger partial charge in [-0.3, -0.25) is 9.59 Å². The zero-order valence-electron chi connectivity index (χ0n) is 12.9. The van der Waals surface area contributed by atoms with E-state index in [9.17, 15) is 9.59 Å². The van der Waals surface area contributed by atoms with Gasteiger partial charge in [0, 0.05) is 10.9 Å². The van der Waals surface area contributed by atoms with Gasteiger partial charge < -0.3 is 10.4 Å². The summed E-state index contributed by atoms with van der Waals surface area (Å²) >= 11 is 1.55. The number of carbonyl (C=O) groups is 2. The molecule has 4 nitrogen and oxygen atoms in total. The van der Waals surface area contributed by atoms with Crippen LogP contribution in [0.25, 0.3) is 0 Å². The Morgan fingerprint density at radius 3 is 2.67 bits per heavy atom. The van der Waals surface area contributed by atoms with Gasteiger partial charge in [-0.2, -0.15) is 0 Å². The summed E-state index contributed by atoms with van der Waals surface area (Å²) in [5.41, 5.74) is 1.26. The van der Waals surface area contributed by atoms with Crippen LogP contribution in [0.2, 0.25) is 0 Å². The lowest BCUT2D eigenvalue weighted by atomic mass is 9.87. The molecule has 1 heterocycles. The number of carboxylic acid groups (broad SMARTS) is 1. The van der Waals surface area contributed by atoms with Crippen LogP contribution in [0.3, 0.4) is 0 Å². The van der Waals surface area contributed by atoms with Crippen molar-refractivity contribution in [2.75, 3.05) is 0 Å². The van der Waals surface area contributed by atoms with E-state index in [2.05, 4.69) is 5.32 Å². The highest BCUT2D eigenvalue weighted by atomic mass is 32.1. The number of carboxylic acids is 1. The number of aliphatic carboxylic acids is 1. The Hall–Kier alpha value is -1.36. The maximum atomic E-state index is 12.3. The maximum absolute atomic E-state index is 12.3. The molecule has 2 N–H and O–H groups in total. The van der Waals surface area contributed by atoms with Crippen LogP contribution in [0.5, 0.6) is 0 Å². The van der Waals surface area contributed by atoms with Gasteiger partial charge in [0.25, 0.3) is 5.91 Å². The molecule has 1 aliphatic carbocycles. The molecule has 0 aliphatic heterocycles. The molecule has 5 heteroatoms. The summed E-state index contributed by atoms with van der Waals surface area (Å²) in [6, 6.07) is 1.64. The Labute approximate surface area is 129 Å². The molecule has 0 aromatic carbocycles. The number of aryl methyl sites for hydroxylation is 2. The first-order chi connectivity index (χ1) is 9.74. The van der Waals surface area contributed by atoms with Crippen molar-refractivity contribution in [1.29, 1.82) is 0 Å². The van der Waals surface area contributed by atoms with Crippen LogP contribution in [0.15, 0.2) is 6.07 Å². The lowest BCUT2D eigenvalue weighted by Gasteiger charge is -2.25. The zero-order chi connectivity index (χ0) is 15.6. The lowest BCUT2D eigenvalue weighted by Crippen LogP contribution is -2.38. The van der Waals surface area contributed by atoms with Crippen molar-refractivity contribution >= 4 is 23.2 Å². The highest BCUT2D eigenvalue weighted by Gasteiger charge is 2.25. The molecule has 0 fully saturated rings. The van der Waals surface area contributed by atoms with Gasteiger partial charge in [-0.1, -0.05) is 20.8 Å². The maximum Gasteiger partial charge on any atom is 0.305 e. The predicted octanol–water partition coefficient (Wildman–Crippen LogP) is 3.25. The summed E-state index contributed by atoms with van der Waals surface area (Å²) in [5, 5.41) is 11.9. The number of hydrogen-bond acceptors (Lipinski definition) is 3. The summed E-state index contributed by atoms with van der Waals surface area (Å²) in [5.74, 6) is -1.01. The van der Waals surface area contributed by atoms with E-state index in [4.69, 9.17) is 5.11 Å². The monoisotopic (exact) mass is 309 g/mol. The van der Waals surface area contributed by atoms with E-state index in [1.165, 1.54) is 16.9 Å². The smallest absolute Gasteiger partial charge is 0.305 e. The van der Waals surface area contributed by atoms with Crippen LogP contribution in [-0.4, -0.2) is 23.0 Å². The van der Waals surface area contributed by atoms with E-state index in [1.54, 1.807) is 11.3 Å². The van der Waals surface area contributed by atoms with Crippen molar-refractivity contribution in [3.63, 3.8) is 0 Å². The summed E-state index contributed by atoms with van der Waals surface area (Å²) in [7, 11) is 0. The first-order valence-corrected chi connectivity index (χ1v) is 8.20. The van der Waals surface area contributed by atoms with Crippen LogP contribution < -0.4 is 5.32 Å². The van der Waals surface area contributed by atoms with E-state index in [0.29, 0.717) is 11.3 Å². The molecule has 2 rings (SSSR count). The normalized spacial score (nSPS) is 15.6. The van der Waals surface area contributed by atoms with Crippen LogP contribution in [0.1, 0.15) is 60.1 Å². The number of rotatable bonds is 5. The fourth-order valence-corrected chi connectivity index (χ4v) is 3.98. The SMILES string of the molecule is CC(C)(C)CC(CC(=O)O)NC(=O)c1cc2c(s1)CCC2. The Kier molecular flexibility index (Phi) is 4.71. The van der Waals surface area contributed by atoms with Crippen molar-refractivity contribution in [2.45, 2.75) is 58.9 Å². The lowest BCUT2D eigenvalue weighted by molar-refractivity contribution is -0.137. The predicted molar refractivity (Wildman–Crippen MR) is 83.9 cm³/mol. The van der Waals surface area contributed by atoms with E-state index >= 15 is 0 Å². The van der Waals surface area contributed by atoms with Crippen molar-refractivity contribution < 1.29 is 14.7 Å². The average Bonchev–Trinajstić information content (AvgIpc) is 2.84. The van der Waals surface area contributed by atoms with Gasteiger partial charge in [0.15, 0.2) is 0 Å². The Balaban J connectivity index is 2.04. The molecule has 1 unspecified atom stereocenters. The number of nitrogens with one attached hydrogen (secondary N) is 1. The van der Waals surface area contributed by atoms with Crippen LogP contribution in [-0.2, 0) is 17.6 Å². The molecule has 0 saturated heterocycles. The first kappa shape index (κ1) is 16.0. The van der Waals surface area contributed by atoms with Crippen molar-refractivity contribution in [2.24, 2.45) is 5.41 Å². The Morgan fingerprint density at radius 1 is 1.38 bits per heavy atom. The second kappa shape index (κ2) is 6.18. The molecule has 1 aromatic heterocycles. The third kappa shape index (κ3) is 4.56. The standard InChI is InChI=1S/C16H23NO3S/c1-16(2,3)9-11(8-14(18)19)17-15(20)13-7-10-5-4-6-12(10)21-13/h7,11H,4-6,8-9H2,1-3H3,(H,17,20)(H,18,19). The fraction of sp³-hybridized carbons (Fsp3) is 0.625. The van der Waals surface area contributed by atoms with E-state index < -0.39 is 5.97 Å². The largest absolute Gasteiger partial charge is 0.481 e. The number of hydrogen-bond donors (Lipinski definition) is 2. The molecular weight excluding hydrogens is 286 g/mol. The molecule has 1 aliphatic rings. The molecule has 0 spiro atoms. The second-order valence-corrected chi connectivity index (χ2v) is 8.08. The van der Waals surface area contributed by atoms with Crippen molar-refractivity contribution in [1.82, 2.24) is 5.32 Å². The average molecular weight is 309 g/mol. The Morgan fingerprint density at radius 2 is 2.10 bits per heavy atom. The number of thiophene rings is 1. The van der Waals surface area contributed by atoms with Crippen LogP contribution in [0.4, 0.5) is 0 Å². The minimum Gasteiger partial charge on any atom is -0.481 e. The molecule has 1 amide bonds. The molecule has 0 radical (unpaired) electrons. The van der Waals surface area contributed by atoms with E-state index in [0.717, 1.165) is 12.8 Å². The van der Waals surface area contributed by atoms with Gasteiger partial charge in [-0.25, -0.2) is 0 Å². The summed E-state index contributed by atoms with van der Waals surface area (Å²) in [6.45, 7) is 6.15. The van der Waals surface area contributed by atoms with Crippen LogP contribution in [0, 0.1) is 5.41 Å². The molecule has 1 atom stereocenters. The third-order valence-corrected chi connectivity index (χ3v) is 4.82. The van der Waals surface area contributed by atoms with Crippen molar-refractivity contribution in [3.8, 4) is 0 Å². The minimum atomic E-state index is -0.877. The van der Waals surface area contributed by atoms with Gasteiger partial charge in [0.1, 0.15) is 0 Å². The van der Waals surface area contributed by atoms with Gasteiger partial charge in [0.05, 0.1) is 11.3 Å². The zero-order valence-corrected chi connectivity index (χ0v) is 13.7. The topological polar surface area (TPSA) is 66.4 Å². The molecule has 0 bridgehead atoms.